The second kappa shape index (κ2) is 7.26. The van der Waals surface area contributed by atoms with Gasteiger partial charge in [0.25, 0.3) is 0 Å². The van der Waals surface area contributed by atoms with E-state index in [2.05, 4.69) is 10.1 Å². The maximum atomic E-state index is 12.4. The Morgan fingerprint density at radius 2 is 1.82 bits per heavy atom. The Hall–Kier alpha value is -2.82. The second-order valence-electron chi connectivity index (χ2n) is 4.58. The van der Waals surface area contributed by atoms with Crippen LogP contribution in [0.4, 0.5) is 16.2 Å². The van der Waals surface area contributed by atoms with E-state index in [-0.39, 0.29) is 6.03 Å². The summed E-state index contributed by atoms with van der Waals surface area (Å²) in [5.41, 5.74) is 1.75. The highest BCUT2D eigenvalue weighted by Gasteiger charge is 2.14. The van der Waals surface area contributed by atoms with E-state index in [4.69, 9.17) is 0 Å². The summed E-state index contributed by atoms with van der Waals surface area (Å²) in [6.07, 6.45) is 0. The van der Waals surface area contributed by atoms with Crippen molar-refractivity contribution < 1.29 is 14.3 Å². The Morgan fingerprint density at radius 1 is 1.09 bits per heavy atom. The summed E-state index contributed by atoms with van der Waals surface area (Å²) in [6.45, 7) is 2.43. The van der Waals surface area contributed by atoms with Crippen LogP contribution in [0.5, 0.6) is 0 Å². The zero-order chi connectivity index (χ0) is 15.9. The van der Waals surface area contributed by atoms with E-state index >= 15 is 0 Å². The molecule has 5 nitrogen and oxygen atoms in total. The van der Waals surface area contributed by atoms with Gasteiger partial charge >= 0.3 is 12.0 Å². The number of benzene rings is 2. The zero-order valence-electron chi connectivity index (χ0n) is 12.6. The van der Waals surface area contributed by atoms with Gasteiger partial charge in [-0.2, -0.15) is 0 Å². The molecule has 0 saturated carbocycles. The number of hydrogen-bond donors (Lipinski definition) is 1. The van der Waals surface area contributed by atoms with Gasteiger partial charge in [-0.25, -0.2) is 9.59 Å². The molecule has 0 aliphatic rings. The second-order valence-corrected chi connectivity index (χ2v) is 4.58. The van der Waals surface area contributed by atoms with Gasteiger partial charge in [-0.15, -0.1) is 0 Å². The lowest BCUT2D eigenvalue weighted by Gasteiger charge is -2.21. The molecule has 0 bridgehead atoms. The molecular formula is C17H18N2O3. The number of nitrogens with one attached hydrogen (secondary N) is 1. The van der Waals surface area contributed by atoms with Crippen molar-refractivity contribution in [3.63, 3.8) is 0 Å². The fourth-order valence-corrected chi connectivity index (χ4v) is 2.08. The molecule has 114 valence electrons. The number of anilines is 2. The molecule has 0 radical (unpaired) electrons. The van der Waals surface area contributed by atoms with Gasteiger partial charge in [-0.3, -0.25) is 4.90 Å². The molecule has 2 amide bonds. The first-order valence-corrected chi connectivity index (χ1v) is 6.97. The summed E-state index contributed by atoms with van der Waals surface area (Å²) in [6, 6.07) is 15.8. The molecular weight excluding hydrogens is 280 g/mol. The Balaban J connectivity index is 2.16. The lowest BCUT2D eigenvalue weighted by atomic mass is 10.2. The van der Waals surface area contributed by atoms with E-state index in [0.29, 0.717) is 17.8 Å². The molecule has 0 spiro atoms. The number of nitrogens with zero attached hydrogens (tertiary/aromatic N) is 1. The van der Waals surface area contributed by atoms with E-state index in [1.54, 1.807) is 29.2 Å². The van der Waals surface area contributed by atoms with E-state index in [1.165, 1.54) is 7.11 Å². The molecule has 2 aromatic rings. The van der Waals surface area contributed by atoms with Crippen molar-refractivity contribution in [3.8, 4) is 0 Å². The summed E-state index contributed by atoms with van der Waals surface area (Å²) in [5, 5.41) is 2.79. The third-order valence-electron chi connectivity index (χ3n) is 3.16. The summed E-state index contributed by atoms with van der Waals surface area (Å²) in [5.74, 6) is -0.438. The molecule has 0 saturated heterocycles. The highest BCUT2D eigenvalue weighted by atomic mass is 16.5. The first kappa shape index (κ1) is 15.6. The Kier molecular flexibility index (Phi) is 5.14. The Labute approximate surface area is 129 Å². The topological polar surface area (TPSA) is 58.6 Å². The van der Waals surface area contributed by atoms with E-state index in [1.807, 2.05) is 37.3 Å². The number of methoxy groups -OCH3 is 1. The number of carbonyl (C=O) groups is 2. The third-order valence-corrected chi connectivity index (χ3v) is 3.16. The summed E-state index contributed by atoms with van der Waals surface area (Å²) in [4.78, 5) is 25.5. The Morgan fingerprint density at radius 3 is 2.45 bits per heavy atom. The van der Waals surface area contributed by atoms with Crippen LogP contribution in [0.25, 0.3) is 0 Å². The van der Waals surface area contributed by atoms with Crippen molar-refractivity contribution in [1.82, 2.24) is 0 Å². The van der Waals surface area contributed by atoms with Gasteiger partial charge < -0.3 is 10.1 Å². The number of esters is 1. The SMILES string of the molecule is CCN(C(=O)Nc1cccc(C(=O)OC)c1)c1ccccc1. The van der Waals surface area contributed by atoms with Crippen LogP contribution >= 0.6 is 0 Å². The van der Waals surface area contributed by atoms with Crippen molar-refractivity contribution in [1.29, 1.82) is 0 Å². The monoisotopic (exact) mass is 298 g/mol. The van der Waals surface area contributed by atoms with Crippen molar-refractivity contribution in [2.75, 3.05) is 23.9 Å². The molecule has 0 atom stereocenters. The van der Waals surface area contributed by atoms with Gasteiger partial charge in [-0.05, 0) is 37.3 Å². The number of ether oxygens (including phenoxy) is 1. The molecule has 1 N–H and O–H groups in total. The highest BCUT2D eigenvalue weighted by Crippen LogP contribution is 2.16. The molecule has 0 unspecified atom stereocenters. The highest BCUT2D eigenvalue weighted by molar-refractivity contribution is 6.02. The number of amides is 2. The zero-order valence-corrected chi connectivity index (χ0v) is 12.6. The smallest absolute Gasteiger partial charge is 0.337 e. The number of para-hydroxylation sites is 1. The fourth-order valence-electron chi connectivity index (χ4n) is 2.08. The van der Waals surface area contributed by atoms with Gasteiger partial charge in [0, 0.05) is 17.9 Å². The van der Waals surface area contributed by atoms with Gasteiger partial charge in [0.15, 0.2) is 0 Å². The minimum absolute atomic E-state index is 0.254. The molecule has 0 aliphatic heterocycles. The third kappa shape index (κ3) is 3.63. The standard InChI is InChI=1S/C17H18N2O3/c1-3-19(15-10-5-4-6-11-15)17(21)18-14-9-7-8-13(12-14)16(20)22-2/h4-12H,3H2,1-2H3,(H,18,21). The average molecular weight is 298 g/mol. The van der Waals surface area contributed by atoms with Crippen molar-refractivity contribution in [3.05, 3.63) is 60.2 Å². The van der Waals surface area contributed by atoms with Gasteiger partial charge in [-0.1, -0.05) is 24.3 Å². The molecule has 5 heteroatoms. The van der Waals surface area contributed by atoms with Crippen molar-refractivity contribution in [2.45, 2.75) is 6.92 Å². The molecule has 2 aromatic carbocycles. The average Bonchev–Trinajstić information content (AvgIpc) is 2.56. The van der Waals surface area contributed by atoms with E-state index in [9.17, 15) is 9.59 Å². The van der Waals surface area contributed by atoms with Crippen LogP contribution in [0.1, 0.15) is 17.3 Å². The number of rotatable bonds is 4. The van der Waals surface area contributed by atoms with Crippen LogP contribution in [0, 0.1) is 0 Å². The molecule has 22 heavy (non-hydrogen) atoms. The fraction of sp³-hybridized carbons (Fsp3) is 0.176. The van der Waals surface area contributed by atoms with Crippen LogP contribution in [-0.4, -0.2) is 25.7 Å². The number of urea groups is 1. The molecule has 0 fully saturated rings. The molecule has 2 rings (SSSR count). The predicted molar refractivity (Wildman–Crippen MR) is 86.3 cm³/mol. The minimum Gasteiger partial charge on any atom is -0.465 e. The predicted octanol–water partition coefficient (Wildman–Crippen LogP) is 3.53. The molecule has 0 aliphatic carbocycles. The lowest BCUT2D eigenvalue weighted by Crippen LogP contribution is -2.34. The van der Waals surface area contributed by atoms with Gasteiger partial charge in [0.2, 0.25) is 0 Å². The lowest BCUT2D eigenvalue weighted by molar-refractivity contribution is 0.0600. The van der Waals surface area contributed by atoms with Crippen LogP contribution < -0.4 is 10.2 Å². The van der Waals surface area contributed by atoms with Crippen molar-refractivity contribution in [2.24, 2.45) is 0 Å². The van der Waals surface area contributed by atoms with Gasteiger partial charge in [0.1, 0.15) is 0 Å². The maximum Gasteiger partial charge on any atom is 0.337 e. The number of hydrogen-bond acceptors (Lipinski definition) is 3. The largest absolute Gasteiger partial charge is 0.465 e. The van der Waals surface area contributed by atoms with Gasteiger partial charge in [0.05, 0.1) is 12.7 Å². The quantitative estimate of drug-likeness (QED) is 0.878. The Bertz CT molecular complexity index is 656. The van der Waals surface area contributed by atoms with E-state index < -0.39 is 5.97 Å². The number of carbonyl (C=O) groups excluding carboxylic acids is 2. The maximum absolute atomic E-state index is 12.4. The van der Waals surface area contributed by atoms with Crippen LogP contribution in [0.2, 0.25) is 0 Å². The van der Waals surface area contributed by atoms with E-state index in [0.717, 1.165) is 5.69 Å². The molecule has 0 aromatic heterocycles. The summed E-state index contributed by atoms with van der Waals surface area (Å²) >= 11 is 0. The first-order chi connectivity index (χ1) is 10.7. The molecule has 0 heterocycles. The first-order valence-electron chi connectivity index (χ1n) is 6.97. The van der Waals surface area contributed by atoms with Crippen LogP contribution in [0.15, 0.2) is 54.6 Å². The van der Waals surface area contributed by atoms with Crippen LogP contribution in [-0.2, 0) is 4.74 Å². The van der Waals surface area contributed by atoms with Crippen molar-refractivity contribution >= 4 is 23.4 Å². The summed E-state index contributed by atoms with van der Waals surface area (Å²) < 4.78 is 4.67. The minimum atomic E-state index is -0.438. The normalized spacial score (nSPS) is 9.91. The van der Waals surface area contributed by atoms with Crippen LogP contribution in [0.3, 0.4) is 0 Å². The summed E-state index contributed by atoms with van der Waals surface area (Å²) in [7, 11) is 1.32.